The number of hydrogen-bond donors (Lipinski definition) is 2. The molecule has 0 radical (unpaired) electrons. The Morgan fingerprint density at radius 1 is 1.67 bits per heavy atom. The quantitative estimate of drug-likeness (QED) is 0.805. The van der Waals surface area contributed by atoms with Gasteiger partial charge in [0.05, 0.1) is 5.56 Å². The van der Waals surface area contributed by atoms with Crippen molar-refractivity contribution in [1.29, 1.82) is 0 Å². The monoisotopic (exact) mass is 265 g/mol. The average molecular weight is 265 g/mol. The van der Waals surface area contributed by atoms with E-state index < -0.39 is 0 Å². The lowest BCUT2D eigenvalue weighted by Gasteiger charge is -2.34. The number of thiocarbonyl (C=S) groups is 1. The predicted molar refractivity (Wildman–Crippen MR) is 76.9 cm³/mol. The molecule has 1 fully saturated rings. The summed E-state index contributed by atoms with van der Waals surface area (Å²) in [6.45, 7) is 3.99. The van der Waals surface area contributed by atoms with Gasteiger partial charge in [0.15, 0.2) is 0 Å². The van der Waals surface area contributed by atoms with E-state index in [4.69, 9.17) is 18.0 Å². The van der Waals surface area contributed by atoms with Crippen molar-refractivity contribution in [1.82, 2.24) is 4.98 Å². The molecule has 2 heterocycles. The molecule has 5 heteroatoms. The SMILES string of the molecule is Cc1ccnc(N2CCCC(CO)C2)c1C(N)=S. The first-order valence-electron chi connectivity index (χ1n) is 6.24. The minimum Gasteiger partial charge on any atom is -0.396 e. The van der Waals surface area contributed by atoms with Crippen LogP contribution in [0, 0.1) is 12.8 Å². The number of rotatable bonds is 3. The molecule has 1 aliphatic rings. The van der Waals surface area contributed by atoms with Crippen LogP contribution < -0.4 is 10.6 Å². The topological polar surface area (TPSA) is 62.4 Å². The molecule has 1 atom stereocenters. The summed E-state index contributed by atoms with van der Waals surface area (Å²) in [5.41, 5.74) is 7.73. The fourth-order valence-corrected chi connectivity index (χ4v) is 2.75. The molecule has 0 aliphatic carbocycles. The molecule has 4 nitrogen and oxygen atoms in total. The summed E-state index contributed by atoms with van der Waals surface area (Å²) in [5, 5.41) is 9.29. The Balaban J connectivity index is 2.32. The van der Waals surface area contributed by atoms with Crippen LogP contribution in [0.5, 0.6) is 0 Å². The lowest BCUT2D eigenvalue weighted by atomic mass is 9.98. The minimum absolute atomic E-state index is 0.227. The molecule has 0 amide bonds. The highest BCUT2D eigenvalue weighted by Gasteiger charge is 2.23. The van der Waals surface area contributed by atoms with Gasteiger partial charge in [-0.25, -0.2) is 4.98 Å². The first-order chi connectivity index (χ1) is 8.63. The number of aliphatic hydroxyl groups excluding tert-OH is 1. The van der Waals surface area contributed by atoms with Gasteiger partial charge in [0, 0.05) is 25.9 Å². The van der Waals surface area contributed by atoms with Gasteiger partial charge in [-0.05, 0) is 37.3 Å². The van der Waals surface area contributed by atoms with Crippen LogP contribution in [0.25, 0.3) is 0 Å². The predicted octanol–water partition coefficient (Wildman–Crippen LogP) is 1.23. The molecule has 0 spiro atoms. The fraction of sp³-hybridized carbons (Fsp3) is 0.538. The van der Waals surface area contributed by atoms with Crippen molar-refractivity contribution in [3.8, 4) is 0 Å². The molecule has 1 aromatic rings. The van der Waals surface area contributed by atoms with Gasteiger partial charge in [0.2, 0.25) is 0 Å². The fourth-order valence-electron chi connectivity index (χ4n) is 2.49. The highest BCUT2D eigenvalue weighted by molar-refractivity contribution is 7.80. The highest BCUT2D eigenvalue weighted by Crippen LogP contribution is 2.26. The van der Waals surface area contributed by atoms with E-state index in [1.165, 1.54) is 0 Å². The number of piperidine rings is 1. The number of pyridine rings is 1. The molecular weight excluding hydrogens is 246 g/mol. The molecule has 0 bridgehead atoms. The van der Waals surface area contributed by atoms with Crippen LogP contribution in [0.2, 0.25) is 0 Å². The van der Waals surface area contributed by atoms with E-state index in [0.29, 0.717) is 10.9 Å². The Morgan fingerprint density at radius 2 is 2.44 bits per heavy atom. The first-order valence-corrected chi connectivity index (χ1v) is 6.65. The Bertz CT molecular complexity index is 450. The number of anilines is 1. The zero-order valence-electron chi connectivity index (χ0n) is 10.6. The van der Waals surface area contributed by atoms with Gasteiger partial charge >= 0.3 is 0 Å². The number of aryl methyl sites for hydroxylation is 1. The van der Waals surface area contributed by atoms with E-state index in [2.05, 4.69) is 9.88 Å². The van der Waals surface area contributed by atoms with Crippen molar-refractivity contribution in [2.75, 3.05) is 24.6 Å². The Labute approximate surface area is 113 Å². The lowest BCUT2D eigenvalue weighted by Crippen LogP contribution is -2.38. The summed E-state index contributed by atoms with van der Waals surface area (Å²) in [4.78, 5) is 7.01. The molecule has 3 N–H and O–H groups in total. The molecule has 0 aromatic carbocycles. The van der Waals surface area contributed by atoms with Crippen LogP contribution in [0.3, 0.4) is 0 Å². The summed E-state index contributed by atoms with van der Waals surface area (Å²) in [6.07, 6.45) is 3.92. The zero-order valence-corrected chi connectivity index (χ0v) is 11.4. The number of hydrogen-bond acceptors (Lipinski definition) is 4. The van der Waals surface area contributed by atoms with Crippen molar-refractivity contribution < 1.29 is 5.11 Å². The molecule has 1 aromatic heterocycles. The summed E-state index contributed by atoms with van der Waals surface area (Å²) >= 11 is 5.13. The van der Waals surface area contributed by atoms with Gasteiger partial charge in [-0.15, -0.1) is 0 Å². The second kappa shape index (κ2) is 5.63. The molecule has 1 aliphatic heterocycles. The molecular formula is C13H19N3OS. The maximum Gasteiger partial charge on any atom is 0.139 e. The van der Waals surface area contributed by atoms with Gasteiger partial charge in [-0.3, -0.25) is 0 Å². The van der Waals surface area contributed by atoms with Crippen molar-refractivity contribution in [3.63, 3.8) is 0 Å². The maximum absolute atomic E-state index is 9.29. The van der Waals surface area contributed by atoms with E-state index in [1.54, 1.807) is 6.20 Å². The summed E-state index contributed by atoms with van der Waals surface area (Å²) < 4.78 is 0. The van der Waals surface area contributed by atoms with E-state index in [-0.39, 0.29) is 6.61 Å². The third-order valence-corrected chi connectivity index (χ3v) is 3.67. The molecule has 0 saturated carbocycles. The van der Waals surface area contributed by atoms with Crippen LogP contribution in [0.15, 0.2) is 12.3 Å². The standard InChI is InChI=1S/C13H19N3OS/c1-9-4-5-15-13(11(9)12(14)18)16-6-2-3-10(7-16)8-17/h4-5,10,17H,2-3,6-8H2,1H3,(H2,14,18). The summed E-state index contributed by atoms with van der Waals surface area (Å²) in [7, 11) is 0. The Kier molecular flexibility index (Phi) is 4.14. The second-order valence-corrected chi connectivity index (χ2v) is 5.27. The van der Waals surface area contributed by atoms with E-state index in [9.17, 15) is 5.11 Å². The van der Waals surface area contributed by atoms with Crippen molar-refractivity contribution in [2.45, 2.75) is 19.8 Å². The van der Waals surface area contributed by atoms with Gasteiger partial charge in [0.1, 0.15) is 10.8 Å². The van der Waals surface area contributed by atoms with Gasteiger partial charge in [-0.1, -0.05) is 12.2 Å². The number of aliphatic hydroxyl groups is 1. The highest BCUT2D eigenvalue weighted by atomic mass is 32.1. The van der Waals surface area contributed by atoms with Gasteiger partial charge in [-0.2, -0.15) is 0 Å². The smallest absolute Gasteiger partial charge is 0.139 e. The van der Waals surface area contributed by atoms with Crippen LogP contribution in [-0.2, 0) is 0 Å². The molecule has 2 rings (SSSR count). The molecule has 1 saturated heterocycles. The molecule has 98 valence electrons. The van der Waals surface area contributed by atoms with Crippen LogP contribution in [0.4, 0.5) is 5.82 Å². The Hall–Kier alpha value is -1.20. The van der Waals surface area contributed by atoms with E-state index in [1.807, 2.05) is 13.0 Å². The van der Waals surface area contributed by atoms with Crippen LogP contribution in [-0.4, -0.2) is 34.8 Å². The van der Waals surface area contributed by atoms with Crippen LogP contribution >= 0.6 is 12.2 Å². The second-order valence-electron chi connectivity index (χ2n) is 4.83. The summed E-state index contributed by atoms with van der Waals surface area (Å²) in [5.74, 6) is 1.18. The Morgan fingerprint density at radius 3 is 3.11 bits per heavy atom. The number of nitrogens with two attached hydrogens (primary N) is 1. The van der Waals surface area contributed by atoms with Gasteiger partial charge in [0.25, 0.3) is 0 Å². The lowest BCUT2D eigenvalue weighted by molar-refractivity contribution is 0.208. The largest absolute Gasteiger partial charge is 0.396 e. The van der Waals surface area contributed by atoms with E-state index in [0.717, 1.165) is 42.9 Å². The first kappa shape index (κ1) is 13.2. The third kappa shape index (κ3) is 2.62. The number of nitrogens with zero attached hydrogens (tertiary/aromatic N) is 2. The summed E-state index contributed by atoms with van der Waals surface area (Å²) in [6, 6.07) is 1.92. The van der Waals surface area contributed by atoms with Crippen LogP contribution in [0.1, 0.15) is 24.0 Å². The normalized spacial score (nSPS) is 19.9. The van der Waals surface area contributed by atoms with Crippen molar-refractivity contribution in [2.24, 2.45) is 11.7 Å². The van der Waals surface area contributed by atoms with Crippen molar-refractivity contribution >= 4 is 23.0 Å². The molecule has 1 unspecified atom stereocenters. The average Bonchev–Trinajstić information content (AvgIpc) is 2.38. The maximum atomic E-state index is 9.29. The molecule has 18 heavy (non-hydrogen) atoms. The zero-order chi connectivity index (χ0) is 13.1. The van der Waals surface area contributed by atoms with Crippen molar-refractivity contribution in [3.05, 3.63) is 23.4 Å². The minimum atomic E-state index is 0.227. The number of aromatic nitrogens is 1. The van der Waals surface area contributed by atoms with E-state index >= 15 is 0 Å². The third-order valence-electron chi connectivity index (χ3n) is 3.46. The van der Waals surface area contributed by atoms with Gasteiger partial charge < -0.3 is 15.7 Å².